The minimum atomic E-state index is -3.69. The number of sulfonamides is 1. The van der Waals surface area contributed by atoms with E-state index < -0.39 is 16.1 Å². The van der Waals surface area contributed by atoms with E-state index in [-0.39, 0.29) is 28.2 Å². The second-order valence-corrected chi connectivity index (χ2v) is 10.7. The van der Waals surface area contributed by atoms with Gasteiger partial charge in [0.25, 0.3) is 10.0 Å². The maximum absolute atomic E-state index is 12.4. The van der Waals surface area contributed by atoms with Crippen LogP contribution in [0.4, 0.5) is 4.79 Å². The van der Waals surface area contributed by atoms with Gasteiger partial charge in [0, 0.05) is 25.2 Å². The molecule has 1 aromatic heterocycles. The number of nitrogens with one attached hydrogen (secondary N) is 3. The van der Waals surface area contributed by atoms with Gasteiger partial charge in [-0.2, -0.15) is 4.72 Å². The van der Waals surface area contributed by atoms with Gasteiger partial charge in [-0.3, -0.25) is 4.79 Å². The average Bonchev–Trinajstić information content (AvgIpc) is 3.25. The third-order valence-corrected chi connectivity index (χ3v) is 8.48. The first-order valence-electron chi connectivity index (χ1n) is 10.3. The number of likely N-dealkylation sites (tertiary alicyclic amines) is 1. The Balaban J connectivity index is 1.41. The van der Waals surface area contributed by atoms with E-state index >= 15 is 0 Å². The number of rotatable bonds is 6. The first kappa shape index (κ1) is 22.0. The third-order valence-electron chi connectivity index (χ3n) is 5.55. The second-order valence-electron chi connectivity index (χ2n) is 7.83. The number of nitrogens with zero attached hydrogens (tertiary/aromatic N) is 1. The zero-order valence-electron chi connectivity index (χ0n) is 16.7. The molecule has 1 aliphatic carbocycles. The normalized spacial score (nSPS) is 20.2. The van der Waals surface area contributed by atoms with Crippen molar-refractivity contribution in [2.45, 2.75) is 74.2 Å². The molecule has 3 rings (SSSR count). The number of hydrogen-bond donors (Lipinski definition) is 3. The quantitative estimate of drug-likeness (QED) is 0.626. The fourth-order valence-electron chi connectivity index (χ4n) is 3.83. The van der Waals surface area contributed by atoms with Crippen LogP contribution in [0.15, 0.2) is 21.7 Å². The average molecular weight is 443 g/mol. The van der Waals surface area contributed by atoms with E-state index in [9.17, 15) is 18.0 Å². The van der Waals surface area contributed by atoms with Gasteiger partial charge in [0.1, 0.15) is 4.21 Å². The molecular weight excluding hydrogens is 412 g/mol. The van der Waals surface area contributed by atoms with Gasteiger partial charge in [0.05, 0.1) is 6.04 Å². The summed E-state index contributed by atoms with van der Waals surface area (Å²) in [6, 6.07) is 2.50. The summed E-state index contributed by atoms with van der Waals surface area (Å²) in [6.45, 7) is 2.70. The topological polar surface area (TPSA) is 108 Å². The minimum absolute atomic E-state index is 0.0150. The molecule has 2 fully saturated rings. The highest BCUT2D eigenvalue weighted by Gasteiger charge is 2.28. The van der Waals surface area contributed by atoms with E-state index in [2.05, 4.69) is 15.4 Å². The molecule has 29 heavy (non-hydrogen) atoms. The molecule has 10 heteroatoms. The zero-order chi connectivity index (χ0) is 20.9. The Morgan fingerprint density at radius 3 is 2.34 bits per heavy atom. The number of piperidine rings is 1. The van der Waals surface area contributed by atoms with E-state index in [1.54, 1.807) is 16.3 Å². The predicted molar refractivity (Wildman–Crippen MR) is 112 cm³/mol. The van der Waals surface area contributed by atoms with Crippen LogP contribution in [0.3, 0.4) is 0 Å². The zero-order valence-corrected chi connectivity index (χ0v) is 18.4. The molecule has 1 atom stereocenters. The minimum Gasteiger partial charge on any atom is -0.352 e. The van der Waals surface area contributed by atoms with E-state index in [4.69, 9.17) is 0 Å². The van der Waals surface area contributed by atoms with Crippen LogP contribution in [0.25, 0.3) is 0 Å². The van der Waals surface area contributed by atoms with Gasteiger partial charge in [0.2, 0.25) is 5.91 Å². The summed E-state index contributed by atoms with van der Waals surface area (Å²) < 4.78 is 27.1. The van der Waals surface area contributed by atoms with Crippen molar-refractivity contribution < 1.29 is 18.0 Å². The summed E-state index contributed by atoms with van der Waals surface area (Å²) in [7, 11) is -3.69. The Hall–Kier alpha value is -1.65. The Bertz CT molecular complexity index is 783. The highest BCUT2D eigenvalue weighted by molar-refractivity contribution is 7.91. The van der Waals surface area contributed by atoms with Crippen molar-refractivity contribution in [3.63, 3.8) is 0 Å². The SMILES string of the molecule is CC(NS(=O)(=O)c1cccs1)C(=O)NC1CCN(C(=O)NC2CCCCC2)CC1. The number of urea groups is 1. The Labute approximate surface area is 176 Å². The van der Waals surface area contributed by atoms with Crippen molar-refractivity contribution in [3.05, 3.63) is 17.5 Å². The van der Waals surface area contributed by atoms with Crippen LogP contribution in [0.2, 0.25) is 0 Å². The van der Waals surface area contributed by atoms with Crippen LogP contribution in [-0.4, -0.2) is 56.5 Å². The van der Waals surface area contributed by atoms with Crippen molar-refractivity contribution >= 4 is 33.3 Å². The molecule has 1 saturated heterocycles. The van der Waals surface area contributed by atoms with Crippen LogP contribution < -0.4 is 15.4 Å². The largest absolute Gasteiger partial charge is 0.352 e. The summed E-state index contributed by atoms with van der Waals surface area (Å²) in [5.74, 6) is -0.352. The lowest BCUT2D eigenvalue weighted by Gasteiger charge is -2.34. The van der Waals surface area contributed by atoms with Crippen molar-refractivity contribution in [1.82, 2.24) is 20.3 Å². The third kappa shape index (κ3) is 6.16. The highest BCUT2D eigenvalue weighted by atomic mass is 32.2. The first-order chi connectivity index (χ1) is 13.8. The highest BCUT2D eigenvalue weighted by Crippen LogP contribution is 2.19. The smallest absolute Gasteiger partial charge is 0.317 e. The molecule has 1 saturated carbocycles. The van der Waals surface area contributed by atoms with Crippen LogP contribution in [0.5, 0.6) is 0 Å². The fourth-order valence-corrected chi connectivity index (χ4v) is 6.04. The van der Waals surface area contributed by atoms with Crippen molar-refractivity contribution in [2.75, 3.05) is 13.1 Å². The predicted octanol–water partition coefficient (Wildman–Crippen LogP) is 2.04. The second kappa shape index (κ2) is 9.90. The van der Waals surface area contributed by atoms with Crippen LogP contribution in [0, 0.1) is 0 Å². The Morgan fingerprint density at radius 1 is 1.07 bits per heavy atom. The standard InChI is InChI=1S/C19H30N4O4S2/c1-14(22-29(26,27)17-8-5-13-28-17)18(24)20-16-9-11-23(12-10-16)19(25)21-15-6-3-2-4-7-15/h5,8,13-16,22H,2-4,6-7,9-12H2,1H3,(H,20,24)(H,21,25). The van der Waals surface area contributed by atoms with Gasteiger partial charge in [0.15, 0.2) is 0 Å². The van der Waals surface area contributed by atoms with E-state index in [1.165, 1.54) is 32.3 Å². The summed E-state index contributed by atoms with van der Waals surface area (Å²) >= 11 is 1.11. The van der Waals surface area contributed by atoms with Crippen LogP contribution in [0.1, 0.15) is 51.9 Å². The summed E-state index contributed by atoms with van der Waals surface area (Å²) in [5, 5.41) is 7.71. The summed E-state index contributed by atoms with van der Waals surface area (Å²) in [5.41, 5.74) is 0. The Morgan fingerprint density at radius 2 is 1.72 bits per heavy atom. The summed E-state index contributed by atoms with van der Waals surface area (Å²) in [6.07, 6.45) is 7.03. The number of amides is 3. The lowest BCUT2D eigenvalue weighted by atomic mass is 9.95. The molecular formula is C19H30N4O4S2. The van der Waals surface area contributed by atoms with Crippen molar-refractivity contribution in [2.24, 2.45) is 0 Å². The van der Waals surface area contributed by atoms with Gasteiger partial charge in [-0.05, 0) is 44.1 Å². The van der Waals surface area contributed by atoms with Crippen molar-refractivity contribution in [3.8, 4) is 0 Å². The molecule has 3 amide bonds. The maximum atomic E-state index is 12.4. The number of carbonyl (C=O) groups is 2. The molecule has 8 nitrogen and oxygen atoms in total. The first-order valence-corrected chi connectivity index (χ1v) is 12.6. The fraction of sp³-hybridized carbons (Fsp3) is 0.684. The molecule has 1 aromatic rings. The number of thiophene rings is 1. The summed E-state index contributed by atoms with van der Waals surface area (Å²) in [4.78, 5) is 26.6. The molecule has 162 valence electrons. The van der Waals surface area contributed by atoms with Gasteiger partial charge in [-0.15, -0.1) is 11.3 Å². The maximum Gasteiger partial charge on any atom is 0.317 e. The van der Waals surface area contributed by atoms with Gasteiger partial charge >= 0.3 is 6.03 Å². The van der Waals surface area contributed by atoms with Gasteiger partial charge in [-0.1, -0.05) is 25.3 Å². The lowest BCUT2D eigenvalue weighted by molar-refractivity contribution is -0.123. The molecule has 0 radical (unpaired) electrons. The molecule has 0 spiro atoms. The van der Waals surface area contributed by atoms with E-state index in [0.717, 1.165) is 24.2 Å². The molecule has 2 aliphatic rings. The number of hydrogen-bond acceptors (Lipinski definition) is 5. The Kier molecular flexibility index (Phi) is 7.53. The number of carbonyl (C=O) groups excluding carboxylic acids is 2. The monoisotopic (exact) mass is 442 g/mol. The molecule has 1 aliphatic heterocycles. The molecule has 2 heterocycles. The van der Waals surface area contributed by atoms with Crippen LogP contribution >= 0.6 is 11.3 Å². The van der Waals surface area contributed by atoms with Crippen LogP contribution in [-0.2, 0) is 14.8 Å². The van der Waals surface area contributed by atoms with Crippen molar-refractivity contribution in [1.29, 1.82) is 0 Å². The molecule has 1 unspecified atom stereocenters. The van der Waals surface area contributed by atoms with E-state index in [1.807, 2.05) is 0 Å². The lowest BCUT2D eigenvalue weighted by Crippen LogP contribution is -2.53. The molecule has 3 N–H and O–H groups in total. The van der Waals surface area contributed by atoms with E-state index in [0.29, 0.717) is 25.9 Å². The van der Waals surface area contributed by atoms with Gasteiger partial charge < -0.3 is 15.5 Å². The van der Waals surface area contributed by atoms with Gasteiger partial charge in [-0.25, -0.2) is 13.2 Å². The molecule has 0 bridgehead atoms. The molecule has 0 aromatic carbocycles.